The Hall–Kier alpha value is -1.35. The van der Waals surface area contributed by atoms with Crippen molar-refractivity contribution in [2.24, 2.45) is 0 Å². The summed E-state index contributed by atoms with van der Waals surface area (Å²) < 4.78 is 5.37. The van der Waals surface area contributed by atoms with Crippen LogP contribution in [-0.2, 0) is 4.79 Å². The van der Waals surface area contributed by atoms with E-state index in [1.165, 1.54) is 6.92 Å². The molecule has 0 spiro atoms. The maximum absolute atomic E-state index is 10.9. The van der Waals surface area contributed by atoms with Gasteiger partial charge >= 0.3 is 0 Å². The third kappa shape index (κ3) is 4.61. The van der Waals surface area contributed by atoms with E-state index >= 15 is 0 Å². The van der Waals surface area contributed by atoms with Crippen molar-refractivity contribution in [3.05, 3.63) is 30.3 Å². The fraction of sp³-hybridized carbons (Fsp3) is 0.417. The summed E-state index contributed by atoms with van der Waals surface area (Å²) >= 11 is 0. The summed E-state index contributed by atoms with van der Waals surface area (Å²) in [5.74, 6) is 0.651. The summed E-state index contributed by atoms with van der Waals surface area (Å²) in [4.78, 5) is 10.9. The van der Waals surface area contributed by atoms with Gasteiger partial charge in [0.05, 0.1) is 0 Å². The van der Waals surface area contributed by atoms with Crippen molar-refractivity contribution in [1.29, 1.82) is 0 Å². The van der Waals surface area contributed by atoms with E-state index in [1.807, 2.05) is 30.3 Å². The number of para-hydroxylation sites is 1. The molecule has 1 N–H and O–H groups in total. The predicted octanol–water partition coefficient (Wildman–Crippen LogP) is 1.80. The van der Waals surface area contributed by atoms with Crippen molar-refractivity contribution in [2.75, 3.05) is 6.61 Å². The number of aliphatic hydroxyl groups is 1. The number of carbonyl (C=O) groups excluding carboxylic acids is 1. The zero-order valence-electron chi connectivity index (χ0n) is 9.06. The molecule has 1 rings (SSSR count). The average molecular weight is 208 g/mol. The fourth-order valence-corrected chi connectivity index (χ4v) is 1.34. The molecule has 0 fully saturated rings. The largest absolute Gasteiger partial charge is 0.491 e. The first-order chi connectivity index (χ1) is 6.99. The molecule has 0 bridgehead atoms. The molecule has 1 aromatic carbocycles. The van der Waals surface area contributed by atoms with Gasteiger partial charge in [0.1, 0.15) is 23.7 Å². The first kappa shape index (κ1) is 11.7. The number of ketones is 1. The third-order valence-electron chi connectivity index (χ3n) is 1.92. The number of rotatable bonds is 5. The molecule has 0 amide bonds. The van der Waals surface area contributed by atoms with E-state index in [9.17, 15) is 9.90 Å². The molecule has 15 heavy (non-hydrogen) atoms. The standard InChI is InChI=1S/C12H16O3/c1-10(13)8-12(2,14)9-15-11-6-4-3-5-7-11/h3-7,14H,8-9H2,1-2H3. The Morgan fingerprint density at radius 3 is 2.53 bits per heavy atom. The molecule has 3 heteroatoms. The average Bonchev–Trinajstić information content (AvgIpc) is 2.15. The second-order valence-electron chi connectivity index (χ2n) is 3.98. The van der Waals surface area contributed by atoms with Gasteiger partial charge in [0.25, 0.3) is 0 Å². The summed E-state index contributed by atoms with van der Waals surface area (Å²) in [5.41, 5.74) is -1.10. The molecule has 0 aromatic heterocycles. The van der Waals surface area contributed by atoms with Crippen LogP contribution < -0.4 is 4.74 Å². The molecular formula is C12H16O3. The van der Waals surface area contributed by atoms with Crippen LogP contribution in [0.25, 0.3) is 0 Å². The van der Waals surface area contributed by atoms with Crippen molar-refractivity contribution in [3.63, 3.8) is 0 Å². The number of ether oxygens (including phenoxy) is 1. The Balaban J connectivity index is 2.46. The van der Waals surface area contributed by atoms with Crippen LogP contribution in [0.1, 0.15) is 20.3 Å². The Labute approximate surface area is 89.7 Å². The summed E-state index contributed by atoms with van der Waals surface area (Å²) in [6, 6.07) is 9.22. The summed E-state index contributed by atoms with van der Waals surface area (Å²) in [5, 5.41) is 9.80. The van der Waals surface area contributed by atoms with Gasteiger partial charge in [-0.25, -0.2) is 0 Å². The molecule has 82 valence electrons. The minimum atomic E-state index is -1.10. The molecule has 0 heterocycles. The van der Waals surface area contributed by atoms with Crippen molar-refractivity contribution in [1.82, 2.24) is 0 Å². The lowest BCUT2D eigenvalue weighted by molar-refractivity contribution is -0.122. The topological polar surface area (TPSA) is 46.5 Å². The van der Waals surface area contributed by atoms with E-state index in [0.717, 1.165) is 0 Å². The quantitative estimate of drug-likeness (QED) is 0.802. The molecule has 1 unspecified atom stereocenters. The fourth-order valence-electron chi connectivity index (χ4n) is 1.34. The highest BCUT2D eigenvalue weighted by Gasteiger charge is 2.23. The Kier molecular flexibility index (Phi) is 3.86. The van der Waals surface area contributed by atoms with Crippen LogP contribution in [0.4, 0.5) is 0 Å². The van der Waals surface area contributed by atoms with Crippen LogP contribution in [0.3, 0.4) is 0 Å². The van der Waals surface area contributed by atoms with E-state index in [4.69, 9.17) is 4.74 Å². The highest BCUT2D eigenvalue weighted by atomic mass is 16.5. The van der Waals surface area contributed by atoms with Gasteiger partial charge in [-0.05, 0) is 26.0 Å². The Bertz CT molecular complexity index is 317. The molecule has 0 saturated carbocycles. The highest BCUT2D eigenvalue weighted by Crippen LogP contribution is 2.14. The molecule has 3 nitrogen and oxygen atoms in total. The van der Waals surface area contributed by atoms with Crippen LogP contribution in [0.15, 0.2) is 30.3 Å². The van der Waals surface area contributed by atoms with Gasteiger partial charge in [0, 0.05) is 6.42 Å². The van der Waals surface area contributed by atoms with Crippen LogP contribution in [0.2, 0.25) is 0 Å². The van der Waals surface area contributed by atoms with Gasteiger partial charge in [-0.1, -0.05) is 18.2 Å². The smallest absolute Gasteiger partial charge is 0.132 e. The van der Waals surface area contributed by atoms with Crippen LogP contribution in [0, 0.1) is 0 Å². The normalized spacial score (nSPS) is 14.3. The van der Waals surface area contributed by atoms with Gasteiger partial charge in [0.2, 0.25) is 0 Å². The zero-order valence-corrected chi connectivity index (χ0v) is 9.06. The first-order valence-electron chi connectivity index (χ1n) is 4.89. The molecule has 0 aliphatic rings. The van der Waals surface area contributed by atoms with Crippen molar-refractivity contribution in [2.45, 2.75) is 25.9 Å². The van der Waals surface area contributed by atoms with E-state index in [2.05, 4.69) is 0 Å². The van der Waals surface area contributed by atoms with Crippen molar-refractivity contribution in [3.8, 4) is 5.75 Å². The van der Waals surface area contributed by atoms with Gasteiger partial charge in [-0.2, -0.15) is 0 Å². The number of hydrogen-bond donors (Lipinski definition) is 1. The predicted molar refractivity (Wildman–Crippen MR) is 57.9 cm³/mol. The Morgan fingerprint density at radius 2 is 2.00 bits per heavy atom. The lowest BCUT2D eigenvalue weighted by Gasteiger charge is -2.21. The van der Waals surface area contributed by atoms with E-state index in [1.54, 1.807) is 6.92 Å². The summed E-state index contributed by atoms with van der Waals surface area (Å²) in [6.45, 7) is 3.17. The monoisotopic (exact) mass is 208 g/mol. The van der Waals surface area contributed by atoms with Gasteiger partial charge in [-0.15, -0.1) is 0 Å². The van der Waals surface area contributed by atoms with Gasteiger partial charge in [-0.3, -0.25) is 4.79 Å². The minimum Gasteiger partial charge on any atom is -0.491 e. The summed E-state index contributed by atoms with van der Waals surface area (Å²) in [7, 11) is 0. The van der Waals surface area contributed by atoms with Crippen LogP contribution >= 0.6 is 0 Å². The molecule has 0 aliphatic heterocycles. The van der Waals surface area contributed by atoms with Crippen LogP contribution in [-0.4, -0.2) is 23.1 Å². The third-order valence-corrected chi connectivity index (χ3v) is 1.92. The Morgan fingerprint density at radius 1 is 1.40 bits per heavy atom. The minimum absolute atomic E-state index is 0.0448. The number of Topliss-reactive ketones (excluding diaryl/α,β-unsaturated/α-hetero) is 1. The second-order valence-corrected chi connectivity index (χ2v) is 3.98. The number of hydrogen-bond acceptors (Lipinski definition) is 3. The molecule has 1 atom stereocenters. The lowest BCUT2D eigenvalue weighted by atomic mass is 10.0. The number of benzene rings is 1. The van der Waals surface area contributed by atoms with E-state index < -0.39 is 5.60 Å². The van der Waals surface area contributed by atoms with Crippen molar-refractivity contribution < 1.29 is 14.6 Å². The van der Waals surface area contributed by atoms with Crippen LogP contribution in [0.5, 0.6) is 5.75 Å². The molecular weight excluding hydrogens is 192 g/mol. The summed E-state index contributed by atoms with van der Waals surface area (Å²) in [6.07, 6.45) is 0.111. The van der Waals surface area contributed by atoms with Gasteiger partial charge < -0.3 is 9.84 Å². The maximum Gasteiger partial charge on any atom is 0.132 e. The molecule has 0 saturated heterocycles. The highest BCUT2D eigenvalue weighted by molar-refractivity contribution is 5.76. The first-order valence-corrected chi connectivity index (χ1v) is 4.89. The van der Waals surface area contributed by atoms with E-state index in [0.29, 0.717) is 5.75 Å². The SMILES string of the molecule is CC(=O)CC(C)(O)COc1ccccc1. The molecule has 0 radical (unpaired) electrons. The van der Waals surface area contributed by atoms with E-state index in [-0.39, 0.29) is 18.8 Å². The van der Waals surface area contributed by atoms with Crippen molar-refractivity contribution >= 4 is 5.78 Å². The maximum atomic E-state index is 10.9. The molecule has 1 aromatic rings. The second kappa shape index (κ2) is 4.94. The van der Waals surface area contributed by atoms with Gasteiger partial charge in [0.15, 0.2) is 0 Å². The lowest BCUT2D eigenvalue weighted by Crippen LogP contribution is -2.34. The molecule has 0 aliphatic carbocycles. The number of carbonyl (C=O) groups is 1. The zero-order chi connectivity index (χ0) is 11.3.